The molecular weight excluding hydrogens is 320 g/mol. The molecule has 0 saturated heterocycles. The Morgan fingerprint density at radius 3 is 2.33 bits per heavy atom. The molecule has 0 saturated carbocycles. The molecule has 1 atom stereocenters. The van der Waals surface area contributed by atoms with E-state index >= 15 is 0 Å². The van der Waals surface area contributed by atoms with E-state index in [9.17, 15) is 0 Å². The maximum absolute atomic E-state index is 4.46. The van der Waals surface area contributed by atoms with Gasteiger partial charge in [-0.2, -0.15) is 0 Å². The quantitative estimate of drug-likeness (QED) is 0.886. The van der Waals surface area contributed by atoms with Gasteiger partial charge >= 0.3 is 0 Å². The molecule has 15 heavy (non-hydrogen) atoms. The number of rotatable bonds is 2. The van der Waals surface area contributed by atoms with Crippen LogP contribution in [0.5, 0.6) is 0 Å². The molecular formula is C11H16Br2N2. The van der Waals surface area contributed by atoms with Crippen molar-refractivity contribution in [1.82, 2.24) is 10.3 Å². The fourth-order valence-electron chi connectivity index (χ4n) is 1.62. The largest absolute Gasteiger partial charge is 0.311 e. The number of aromatic nitrogens is 1. The number of pyridine rings is 1. The fraction of sp³-hybridized carbons (Fsp3) is 0.545. The first-order valence-electron chi connectivity index (χ1n) is 4.84. The van der Waals surface area contributed by atoms with Crippen LogP contribution < -0.4 is 5.32 Å². The van der Waals surface area contributed by atoms with Gasteiger partial charge < -0.3 is 5.32 Å². The minimum Gasteiger partial charge on any atom is -0.311 e. The zero-order valence-corrected chi connectivity index (χ0v) is 12.6. The highest BCUT2D eigenvalue weighted by molar-refractivity contribution is 9.11. The molecule has 1 aromatic rings. The second-order valence-electron chi connectivity index (χ2n) is 4.61. The molecule has 0 aliphatic rings. The van der Waals surface area contributed by atoms with Crippen LogP contribution in [0, 0.1) is 5.41 Å². The van der Waals surface area contributed by atoms with E-state index in [1.165, 1.54) is 0 Å². The summed E-state index contributed by atoms with van der Waals surface area (Å²) in [6, 6.07) is 2.26. The summed E-state index contributed by atoms with van der Waals surface area (Å²) in [4.78, 5) is 4.46. The first-order chi connectivity index (χ1) is 6.86. The van der Waals surface area contributed by atoms with E-state index in [1.54, 1.807) is 0 Å². The Morgan fingerprint density at radius 2 is 1.93 bits per heavy atom. The van der Waals surface area contributed by atoms with E-state index in [-0.39, 0.29) is 11.5 Å². The molecule has 4 heteroatoms. The van der Waals surface area contributed by atoms with Gasteiger partial charge in [0.1, 0.15) is 0 Å². The molecule has 84 valence electrons. The van der Waals surface area contributed by atoms with E-state index in [1.807, 2.05) is 19.3 Å². The predicted molar refractivity (Wildman–Crippen MR) is 70.9 cm³/mol. The van der Waals surface area contributed by atoms with Crippen LogP contribution in [0.1, 0.15) is 32.5 Å². The van der Waals surface area contributed by atoms with Crippen molar-refractivity contribution in [2.75, 3.05) is 7.05 Å². The molecule has 1 heterocycles. The molecule has 1 unspecified atom stereocenters. The third kappa shape index (κ3) is 3.26. The second kappa shape index (κ2) is 4.93. The maximum Gasteiger partial charge on any atom is 0.0720 e. The summed E-state index contributed by atoms with van der Waals surface area (Å²) < 4.78 is 2.02. The highest BCUT2D eigenvalue weighted by Crippen LogP contribution is 2.35. The molecule has 0 amide bonds. The standard InChI is InChI=1S/C11H16Br2N2/c1-11(2,3)10(14-4)9-8(13)5-7(12)6-15-9/h5-6,10,14H,1-4H3. The van der Waals surface area contributed by atoms with Crippen molar-refractivity contribution in [3.8, 4) is 0 Å². The van der Waals surface area contributed by atoms with Crippen LogP contribution in [0.3, 0.4) is 0 Å². The average molecular weight is 336 g/mol. The van der Waals surface area contributed by atoms with Crippen LogP contribution in [0.25, 0.3) is 0 Å². The summed E-state index contributed by atoms with van der Waals surface area (Å²) in [7, 11) is 1.96. The highest BCUT2D eigenvalue weighted by Gasteiger charge is 2.27. The molecule has 2 nitrogen and oxygen atoms in total. The number of hydrogen-bond donors (Lipinski definition) is 1. The van der Waals surface area contributed by atoms with E-state index < -0.39 is 0 Å². The Hall–Kier alpha value is 0.0700. The Bertz CT molecular complexity index is 345. The van der Waals surface area contributed by atoms with Crippen LogP contribution in [-0.2, 0) is 0 Å². The molecule has 0 fully saturated rings. The highest BCUT2D eigenvalue weighted by atomic mass is 79.9. The fourth-order valence-corrected chi connectivity index (χ4v) is 2.83. The molecule has 1 N–H and O–H groups in total. The van der Waals surface area contributed by atoms with Crippen LogP contribution in [0.15, 0.2) is 21.2 Å². The van der Waals surface area contributed by atoms with Crippen molar-refractivity contribution < 1.29 is 0 Å². The van der Waals surface area contributed by atoms with Gasteiger partial charge in [0, 0.05) is 15.1 Å². The summed E-state index contributed by atoms with van der Waals surface area (Å²) in [5.74, 6) is 0. The molecule has 0 aliphatic heterocycles. The summed E-state index contributed by atoms with van der Waals surface area (Å²) >= 11 is 6.95. The zero-order chi connectivity index (χ0) is 11.6. The van der Waals surface area contributed by atoms with E-state index in [2.05, 4.69) is 62.9 Å². The van der Waals surface area contributed by atoms with Crippen LogP contribution in [0.4, 0.5) is 0 Å². The lowest BCUT2D eigenvalue weighted by molar-refractivity contribution is 0.280. The maximum atomic E-state index is 4.46. The molecule has 1 aromatic heterocycles. The van der Waals surface area contributed by atoms with Gasteiger partial charge in [-0.1, -0.05) is 20.8 Å². The van der Waals surface area contributed by atoms with Crippen molar-refractivity contribution in [3.63, 3.8) is 0 Å². The van der Waals surface area contributed by atoms with Crippen molar-refractivity contribution >= 4 is 31.9 Å². The van der Waals surface area contributed by atoms with Crippen LogP contribution >= 0.6 is 31.9 Å². The van der Waals surface area contributed by atoms with Crippen molar-refractivity contribution in [3.05, 3.63) is 26.9 Å². The molecule has 0 bridgehead atoms. The first kappa shape index (κ1) is 13.1. The molecule has 0 aliphatic carbocycles. The van der Waals surface area contributed by atoms with Gasteiger partial charge in [0.25, 0.3) is 0 Å². The Morgan fingerprint density at radius 1 is 1.33 bits per heavy atom. The molecule has 0 aromatic carbocycles. The Labute approximate surface area is 108 Å². The van der Waals surface area contributed by atoms with Gasteiger partial charge in [0.15, 0.2) is 0 Å². The van der Waals surface area contributed by atoms with E-state index in [4.69, 9.17) is 0 Å². The van der Waals surface area contributed by atoms with Gasteiger partial charge in [0.2, 0.25) is 0 Å². The number of halogens is 2. The van der Waals surface area contributed by atoms with E-state index in [0.717, 1.165) is 14.6 Å². The van der Waals surface area contributed by atoms with Gasteiger partial charge in [-0.3, -0.25) is 4.98 Å². The summed E-state index contributed by atoms with van der Waals surface area (Å²) in [6.45, 7) is 6.60. The normalized spacial score (nSPS) is 14.0. The Balaban J connectivity index is 3.13. The van der Waals surface area contributed by atoms with Crippen LogP contribution in [0.2, 0.25) is 0 Å². The minimum atomic E-state index is 0.137. The SMILES string of the molecule is CNC(c1ncc(Br)cc1Br)C(C)(C)C. The summed E-state index contributed by atoms with van der Waals surface area (Å²) in [6.07, 6.45) is 1.83. The number of nitrogens with zero attached hydrogens (tertiary/aromatic N) is 1. The first-order valence-corrected chi connectivity index (χ1v) is 6.43. The van der Waals surface area contributed by atoms with Gasteiger partial charge in [-0.15, -0.1) is 0 Å². The average Bonchev–Trinajstić information content (AvgIpc) is 2.07. The third-order valence-corrected chi connectivity index (χ3v) is 3.33. The predicted octanol–water partition coefficient (Wildman–Crippen LogP) is 3.91. The second-order valence-corrected chi connectivity index (χ2v) is 6.38. The van der Waals surface area contributed by atoms with Gasteiger partial charge in [0.05, 0.1) is 11.7 Å². The molecule has 0 spiro atoms. The summed E-state index contributed by atoms with van der Waals surface area (Å²) in [5.41, 5.74) is 1.19. The lowest BCUT2D eigenvalue weighted by Gasteiger charge is -2.30. The number of nitrogens with one attached hydrogen (secondary N) is 1. The van der Waals surface area contributed by atoms with Crippen molar-refractivity contribution in [2.45, 2.75) is 26.8 Å². The zero-order valence-electron chi connectivity index (χ0n) is 9.44. The van der Waals surface area contributed by atoms with Crippen molar-refractivity contribution in [1.29, 1.82) is 0 Å². The minimum absolute atomic E-state index is 0.137. The topological polar surface area (TPSA) is 24.9 Å². The molecule has 1 rings (SSSR count). The monoisotopic (exact) mass is 334 g/mol. The van der Waals surface area contributed by atoms with Gasteiger partial charge in [-0.05, 0) is 50.4 Å². The number of hydrogen-bond acceptors (Lipinski definition) is 2. The molecule has 0 radical (unpaired) electrons. The lowest BCUT2D eigenvalue weighted by atomic mass is 9.84. The smallest absolute Gasteiger partial charge is 0.0720 e. The third-order valence-electron chi connectivity index (χ3n) is 2.26. The lowest BCUT2D eigenvalue weighted by Crippen LogP contribution is -2.30. The summed E-state index contributed by atoms with van der Waals surface area (Å²) in [5, 5.41) is 3.31. The van der Waals surface area contributed by atoms with Gasteiger partial charge in [-0.25, -0.2) is 0 Å². The Kier molecular flexibility index (Phi) is 4.32. The van der Waals surface area contributed by atoms with Crippen molar-refractivity contribution in [2.24, 2.45) is 5.41 Å². The van der Waals surface area contributed by atoms with Crippen LogP contribution in [-0.4, -0.2) is 12.0 Å². The van der Waals surface area contributed by atoms with E-state index in [0.29, 0.717) is 0 Å².